The van der Waals surface area contributed by atoms with Crippen LogP contribution in [0.2, 0.25) is 0 Å². The van der Waals surface area contributed by atoms with Crippen molar-refractivity contribution in [2.24, 2.45) is 11.8 Å². The molecule has 0 aromatic heterocycles. The van der Waals surface area contributed by atoms with Crippen molar-refractivity contribution < 1.29 is 9.90 Å². The lowest BCUT2D eigenvalue weighted by molar-refractivity contribution is 0.0898. The van der Waals surface area contributed by atoms with E-state index >= 15 is 0 Å². The molecule has 0 spiro atoms. The Morgan fingerprint density at radius 3 is 2.74 bits per heavy atom. The molecule has 0 radical (unpaired) electrons. The normalized spacial score (nSPS) is 27.0. The Balaban J connectivity index is 2.07. The largest absolute Gasteiger partial charge is 0.508 e. The van der Waals surface area contributed by atoms with Gasteiger partial charge in [0.2, 0.25) is 0 Å². The van der Waals surface area contributed by atoms with Gasteiger partial charge in [0.15, 0.2) is 0 Å². The Hall–Kier alpha value is -1.51. The Morgan fingerprint density at radius 2 is 2.05 bits per heavy atom. The minimum atomic E-state index is -0.0696. The number of phenols is 1. The third kappa shape index (κ3) is 3.09. The number of rotatable bonds is 2. The van der Waals surface area contributed by atoms with Crippen molar-refractivity contribution in [3.8, 4) is 5.75 Å². The third-order valence-electron chi connectivity index (χ3n) is 4.30. The van der Waals surface area contributed by atoms with Crippen molar-refractivity contribution >= 4 is 5.91 Å². The average molecular weight is 261 g/mol. The van der Waals surface area contributed by atoms with E-state index in [4.69, 9.17) is 0 Å². The molecule has 0 aliphatic heterocycles. The first kappa shape index (κ1) is 13.9. The summed E-state index contributed by atoms with van der Waals surface area (Å²) in [6.45, 7) is 6.25. The monoisotopic (exact) mass is 261 g/mol. The van der Waals surface area contributed by atoms with E-state index < -0.39 is 0 Å². The molecule has 1 amide bonds. The number of phenolic OH excluding ortho intramolecular Hbond substituents is 1. The minimum absolute atomic E-state index is 0.0696. The standard InChI is InChI=1S/C16H23NO2/c1-10-7-8-14(11(2)9-10)17-16(19)13-5-4-6-15(18)12(13)3/h4-6,10-11,14,18H,7-9H2,1-3H3,(H,17,19). The number of carbonyl (C=O) groups is 1. The summed E-state index contributed by atoms with van der Waals surface area (Å²) < 4.78 is 0. The van der Waals surface area contributed by atoms with Crippen LogP contribution in [0, 0.1) is 18.8 Å². The van der Waals surface area contributed by atoms with Crippen LogP contribution in [-0.2, 0) is 0 Å². The summed E-state index contributed by atoms with van der Waals surface area (Å²) in [5.41, 5.74) is 1.22. The first-order valence-electron chi connectivity index (χ1n) is 7.08. The number of hydrogen-bond acceptors (Lipinski definition) is 2. The van der Waals surface area contributed by atoms with E-state index in [1.807, 2.05) is 0 Å². The average Bonchev–Trinajstić information content (AvgIpc) is 2.36. The highest BCUT2D eigenvalue weighted by atomic mass is 16.3. The number of hydrogen-bond donors (Lipinski definition) is 2. The van der Waals surface area contributed by atoms with Crippen molar-refractivity contribution in [3.63, 3.8) is 0 Å². The van der Waals surface area contributed by atoms with E-state index in [1.165, 1.54) is 12.8 Å². The summed E-state index contributed by atoms with van der Waals surface area (Å²) in [6.07, 6.45) is 3.39. The van der Waals surface area contributed by atoms with Crippen LogP contribution in [0.3, 0.4) is 0 Å². The summed E-state index contributed by atoms with van der Waals surface area (Å²) in [7, 11) is 0. The molecule has 1 fully saturated rings. The summed E-state index contributed by atoms with van der Waals surface area (Å²) >= 11 is 0. The van der Waals surface area contributed by atoms with Crippen LogP contribution in [0.1, 0.15) is 49.0 Å². The fraction of sp³-hybridized carbons (Fsp3) is 0.562. The molecule has 3 unspecified atom stereocenters. The van der Waals surface area contributed by atoms with Crippen molar-refractivity contribution in [2.75, 3.05) is 0 Å². The van der Waals surface area contributed by atoms with Crippen molar-refractivity contribution in [2.45, 2.75) is 46.1 Å². The molecule has 2 N–H and O–H groups in total. The lowest BCUT2D eigenvalue weighted by Crippen LogP contribution is -2.42. The maximum absolute atomic E-state index is 12.3. The third-order valence-corrected chi connectivity index (χ3v) is 4.30. The van der Waals surface area contributed by atoms with Gasteiger partial charge in [0, 0.05) is 17.2 Å². The summed E-state index contributed by atoms with van der Waals surface area (Å²) in [5, 5.41) is 12.8. The Morgan fingerprint density at radius 1 is 1.32 bits per heavy atom. The molecule has 0 heterocycles. The van der Waals surface area contributed by atoms with Gasteiger partial charge in [0.05, 0.1) is 0 Å². The van der Waals surface area contributed by atoms with Gasteiger partial charge in [-0.3, -0.25) is 4.79 Å². The molecule has 2 rings (SSSR count). The van der Waals surface area contributed by atoms with Crippen LogP contribution < -0.4 is 5.32 Å². The zero-order chi connectivity index (χ0) is 14.0. The molecule has 1 aromatic rings. The molecule has 104 valence electrons. The number of aromatic hydroxyl groups is 1. The molecule has 1 aromatic carbocycles. The Bertz CT molecular complexity index is 470. The fourth-order valence-corrected chi connectivity index (χ4v) is 3.00. The van der Waals surface area contributed by atoms with E-state index in [2.05, 4.69) is 19.2 Å². The highest BCUT2D eigenvalue weighted by Crippen LogP contribution is 2.29. The maximum atomic E-state index is 12.3. The molecule has 3 nitrogen and oxygen atoms in total. The predicted octanol–water partition coefficient (Wildman–Crippen LogP) is 3.26. The van der Waals surface area contributed by atoms with Crippen LogP contribution in [-0.4, -0.2) is 17.1 Å². The van der Waals surface area contributed by atoms with Gasteiger partial charge in [-0.15, -0.1) is 0 Å². The first-order chi connectivity index (χ1) is 8.99. The summed E-state index contributed by atoms with van der Waals surface area (Å²) in [6, 6.07) is 5.34. The molecular weight excluding hydrogens is 238 g/mol. The smallest absolute Gasteiger partial charge is 0.251 e. The van der Waals surface area contributed by atoms with E-state index in [9.17, 15) is 9.90 Å². The topological polar surface area (TPSA) is 49.3 Å². The van der Waals surface area contributed by atoms with Gasteiger partial charge in [-0.25, -0.2) is 0 Å². The van der Waals surface area contributed by atoms with Crippen molar-refractivity contribution in [1.82, 2.24) is 5.32 Å². The second-order valence-corrected chi connectivity index (χ2v) is 5.93. The van der Waals surface area contributed by atoms with E-state index in [1.54, 1.807) is 25.1 Å². The van der Waals surface area contributed by atoms with Gasteiger partial charge in [-0.1, -0.05) is 19.9 Å². The van der Waals surface area contributed by atoms with Crippen LogP contribution >= 0.6 is 0 Å². The van der Waals surface area contributed by atoms with Gasteiger partial charge in [0.25, 0.3) is 5.91 Å². The van der Waals surface area contributed by atoms with Gasteiger partial charge in [-0.2, -0.15) is 0 Å². The van der Waals surface area contributed by atoms with Gasteiger partial charge in [0.1, 0.15) is 5.75 Å². The van der Waals surface area contributed by atoms with E-state index in [-0.39, 0.29) is 17.7 Å². The van der Waals surface area contributed by atoms with E-state index in [0.717, 1.165) is 12.3 Å². The van der Waals surface area contributed by atoms with Crippen molar-refractivity contribution in [1.29, 1.82) is 0 Å². The first-order valence-corrected chi connectivity index (χ1v) is 7.08. The Kier molecular flexibility index (Phi) is 4.13. The maximum Gasteiger partial charge on any atom is 0.251 e. The van der Waals surface area contributed by atoms with Gasteiger partial charge < -0.3 is 10.4 Å². The zero-order valence-corrected chi connectivity index (χ0v) is 11.9. The summed E-state index contributed by atoms with van der Waals surface area (Å²) in [5.74, 6) is 1.38. The lowest BCUT2D eigenvalue weighted by Gasteiger charge is -2.33. The molecule has 3 atom stereocenters. The molecule has 1 saturated carbocycles. The summed E-state index contributed by atoms with van der Waals surface area (Å²) in [4.78, 5) is 12.3. The number of benzene rings is 1. The number of nitrogens with one attached hydrogen (secondary N) is 1. The SMILES string of the molecule is Cc1c(O)cccc1C(=O)NC1CCC(C)CC1C. The van der Waals surface area contributed by atoms with Gasteiger partial charge >= 0.3 is 0 Å². The molecular formula is C16H23NO2. The predicted molar refractivity (Wildman–Crippen MR) is 76.3 cm³/mol. The quantitative estimate of drug-likeness (QED) is 0.858. The van der Waals surface area contributed by atoms with E-state index in [0.29, 0.717) is 17.0 Å². The lowest BCUT2D eigenvalue weighted by atomic mass is 9.80. The molecule has 1 aliphatic rings. The van der Waals surface area contributed by atoms with Crippen molar-refractivity contribution in [3.05, 3.63) is 29.3 Å². The molecule has 0 saturated heterocycles. The fourth-order valence-electron chi connectivity index (χ4n) is 3.00. The molecule has 0 bridgehead atoms. The second-order valence-electron chi connectivity index (χ2n) is 5.93. The number of carbonyl (C=O) groups excluding carboxylic acids is 1. The zero-order valence-electron chi connectivity index (χ0n) is 11.9. The van der Waals surface area contributed by atoms with Crippen LogP contribution in [0.5, 0.6) is 5.75 Å². The highest BCUT2D eigenvalue weighted by molar-refractivity contribution is 5.96. The van der Waals surface area contributed by atoms with Gasteiger partial charge in [-0.05, 0) is 50.2 Å². The Labute approximate surface area is 115 Å². The number of amides is 1. The van der Waals surface area contributed by atoms with Crippen LogP contribution in [0.4, 0.5) is 0 Å². The highest BCUT2D eigenvalue weighted by Gasteiger charge is 2.27. The molecule has 3 heteroatoms. The van der Waals surface area contributed by atoms with Crippen LogP contribution in [0.15, 0.2) is 18.2 Å². The van der Waals surface area contributed by atoms with Crippen LogP contribution in [0.25, 0.3) is 0 Å². The minimum Gasteiger partial charge on any atom is -0.508 e. The molecule has 19 heavy (non-hydrogen) atoms. The second kappa shape index (κ2) is 5.64. The molecule has 1 aliphatic carbocycles.